The SMILES string of the molecule is CC(C)(C)C(NC(=O)n1nc(-c2ccc(Cl)cc2F)c2c1CCOC2)C(=O)NCCO. The van der Waals surface area contributed by atoms with E-state index < -0.39 is 29.2 Å². The fraction of sp³-hybridized carbons (Fsp3) is 0.476. The molecule has 1 aliphatic rings. The number of hydrogen-bond donors (Lipinski definition) is 3. The monoisotopic (exact) mass is 452 g/mol. The number of nitrogens with zero attached hydrogens (tertiary/aromatic N) is 2. The Bertz CT molecular complexity index is 986. The number of aliphatic hydroxyl groups excluding tert-OH is 1. The lowest BCUT2D eigenvalue weighted by molar-refractivity contribution is -0.125. The molecule has 0 aliphatic carbocycles. The molecule has 0 fully saturated rings. The van der Waals surface area contributed by atoms with Crippen LogP contribution in [0, 0.1) is 11.2 Å². The van der Waals surface area contributed by atoms with Gasteiger partial charge in [0, 0.05) is 29.1 Å². The molecule has 1 aliphatic heterocycles. The second-order valence-electron chi connectivity index (χ2n) is 8.38. The van der Waals surface area contributed by atoms with Crippen molar-refractivity contribution in [3.63, 3.8) is 0 Å². The van der Waals surface area contributed by atoms with E-state index in [4.69, 9.17) is 21.4 Å². The van der Waals surface area contributed by atoms with Gasteiger partial charge in [-0.25, -0.2) is 9.18 Å². The van der Waals surface area contributed by atoms with Gasteiger partial charge in [-0.2, -0.15) is 9.78 Å². The maximum absolute atomic E-state index is 14.6. The first-order valence-electron chi connectivity index (χ1n) is 9.97. The van der Waals surface area contributed by atoms with E-state index in [-0.39, 0.29) is 30.3 Å². The molecule has 8 nitrogen and oxygen atoms in total. The molecule has 168 valence electrons. The standard InChI is InChI=1S/C21H26ClFN4O4/c1-21(2,3)18(19(29)24-7-8-28)25-20(30)27-16-6-9-31-11-14(16)17(26-27)13-5-4-12(22)10-15(13)23/h4-5,10,18,28H,6-9,11H2,1-3H3,(H,24,29)(H,25,30). The summed E-state index contributed by atoms with van der Waals surface area (Å²) in [6.07, 6.45) is 0.419. The van der Waals surface area contributed by atoms with E-state index in [1.165, 1.54) is 16.8 Å². The van der Waals surface area contributed by atoms with Gasteiger partial charge in [0.15, 0.2) is 0 Å². The highest BCUT2D eigenvalue weighted by atomic mass is 35.5. The zero-order valence-corrected chi connectivity index (χ0v) is 18.4. The molecule has 1 unspecified atom stereocenters. The summed E-state index contributed by atoms with van der Waals surface area (Å²) in [5.74, 6) is -0.967. The van der Waals surface area contributed by atoms with Crippen molar-refractivity contribution in [1.82, 2.24) is 20.4 Å². The van der Waals surface area contributed by atoms with Gasteiger partial charge in [0.2, 0.25) is 5.91 Å². The summed E-state index contributed by atoms with van der Waals surface area (Å²) in [6.45, 7) is 5.91. The van der Waals surface area contributed by atoms with Crippen LogP contribution in [-0.2, 0) is 22.6 Å². The average Bonchev–Trinajstić information content (AvgIpc) is 3.09. The van der Waals surface area contributed by atoms with Crippen molar-refractivity contribution in [3.05, 3.63) is 40.3 Å². The van der Waals surface area contributed by atoms with Crippen LogP contribution in [-0.4, -0.2) is 52.6 Å². The zero-order valence-electron chi connectivity index (χ0n) is 17.7. The van der Waals surface area contributed by atoms with Crippen LogP contribution in [0.3, 0.4) is 0 Å². The molecule has 2 heterocycles. The number of aliphatic hydroxyl groups is 1. The molecule has 31 heavy (non-hydrogen) atoms. The highest BCUT2D eigenvalue weighted by molar-refractivity contribution is 6.30. The van der Waals surface area contributed by atoms with E-state index in [0.29, 0.717) is 30.0 Å². The molecule has 2 aromatic rings. The van der Waals surface area contributed by atoms with Crippen molar-refractivity contribution in [2.75, 3.05) is 19.8 Å². The molecule has 1 atom stereocenters. The third kappa shape index (κ3) is 5.06. The fourth-order valence-corrected chi connectivity index (χ4v) is 3.60. The Kier molecular flexibility index (Phi) is 6.98. The third-order valence-electron chi connectivity index (χ3n) is 5.01. The first kappa shape index (κ1) is 23.2. The van der Waals surface area contributed by atoms with E-state index in [1.54, 1.807) is 6.07 Å². The number of fused-ring (bicyclic) bond motifs is 1. The molecule has 0 radical (unpaired) electrons. The van der Waals surface area contributed by atoms with Gasteiger partial charge in [0.05, 0.1) is 25.5 Å². The van der Waals surface area contributed by atoms with Gasteiger partial charge in [-0.05, 0) is 23.6 Å². The predicted molar refractivity (Wildman–Crippen MR) is 113 cm³/mol. The molecule has 0 bridgehead atoms. The molecule has 1 aromatic heterocycles. The zero-order chi connectivity index (χ0) is 22.8. The molecular weight excluding hydrogens is 427 g/mol. The van der Waals surface area contributed by atoms with Gasteiger partial charge < -0.3 is 20.5 Å². The number of amides is 2. The van der Waals surface area contributed by atoms with Crippen molar-refractivity contribution in [2.45, 2.75) is 39.8 Å². The Morgan fingerprint density at radius 2 is 2.13 bits per heavy atom. The van der Waals surface area contributed by atoms with Crippen molar-refractivity contribution in [3.8, 4) is 11.3 Å². The van der Waals surface area contributed by atoms with Crippen LogP contribution in [0.4, 0.5) is 9.18 Å². The smallest absolute Gasteiger partial charge is 0.343 e. The lowest BCUT2D eigenvalue weighted by Crippen LogP contribution is -2.55. The molecule has 2 amide bonds. The Hall–Kier alpha value is -2.49. The number of benzene rings is 1. The number of carbonyl (C=O) groups is 2. The Morgan fingerprint density at radius 3 is 2.77 bits per heavy atom. The molecule has 3 rings (SSSR count). The number of carbonyl (C=O) groups excluding carboxylic acids is 2. The van der Waals surface area contributed by atoms with E-state index in [1.807, 2.05) is 20.8 Å². The van der Waals surface area contributed by atoms with Crippen molar-refractivity contribution in [1.29, 1.82) is 0 Å². The summed E-state index contributed by atoms with van der Waals surface area (Å²) in [6, 6.07) is 2.78. The molecule has 10 heteroatoms. The highest BCUT2D eigenvalue weighted by Gasteiger charge is 2.34. The summed E-state index contributed by atoms with van der Waals surface area (Å²) < 4.78 is 21.2. The molecular formula is C21H26ClFN4O4. The predicted octanol–water partition coefficient (Wildman–Crippen LogP) is 2.50. The van der Waals surface area contributed by atoms with E-state index in [0.717, 1.165) is 0 Å². The first-order valence-corrected chi connectivity index (χ1v) is 10.3. The lowest BCUT2D eigenvalue weighted by Gasteiger charge is -2.30. The highest BCUT2D eigenvalue weighted by Crippen LogP contribution is 2.32. The number of halogens is 2. The van der Waals surface area contributed by atoms with Gasteiger partial charge in [-0.1, -0.05) is 32.4 Å². The van der Waals surface area contributed by atoms with Crippen LogP contribution in [0.1, 0.15) is 32.0 Å². The Morgan fingerprint density at radius 1 is 1.39 bits per heavy atom. The van der Waals surface area contributed by atoms with Gasteiger partial charge in [-0.3, -0.25) is 4.79 Å². The van der Waals surface area contributed by atoms with Crippen LogP contribution in [0.15, 0.2) is 18.2 Å². The van der Waals surface area contributed by atoms with Gasteiger partial charge >= 0.3 is 6.03 Å². The fourth-order valence-electron chi connectivity index (χ4n) is 3.44. The van der Waals surface area contributed by atoms with E-state index >= 15 is 0 Å². The number of hydrogen-bond acceptors (Lipinski definition) is 5. The number of nitrogens with one attached hydrogen (secondary N) is 2. The number of aromatic nitrogens is 2. The summed E-state index contributed by atoms with van der Waals surface area (Å²) in [5.41, 5.74) is 1.15. The third-order valence-corrected chi connectivity index (χ3v) is 5.24. The van der Waals surface area contributed by atoms with Crippen molar-refractivity contribution >= 4 is 23.5 Å². The molecule has 0 saturated heterocycles. The summed E-state index contributed by atoms with van der Waals surface area (Å²) in [7, 11) is 0. The minimum absolute atomic E-state index is 0.0791. The summed E-state index contributed by atoms with van der Waals surface area (Å²) >= 11 is 5.86. The van der Waals surface area contributed by atoms with Crippen LogP contribution < -0.4 is 10.6 Å². The summed E-state index contributed by atoms with van der Waals surface area (Å²) in [4.78, 5) is 25.7. The molecule has 0 spiro atoms. The average molecular weight is 453 g/mol. The second-order valence-corrected chi connectivity index (χ2v) is 8.81. The van der Waals surface area contributed by atoms with E-state index in [2.05, 4.69) is 15.7 Å². The van der Waals surface area contributed by atoms with Crippen molar-refractivity contribution in [2.24, 2.45) is 5.41 Å². The normalized spacial score (nSPS) is 14.6. The molecule has 1 aromatic carbocycles. The number of ether oxygens (including phenoxy) is 1. The maximum Gasteiger partial charge on any atom is 0.343 e. The first-order chi connectivity index (χ1) is 14.6. The topological polar surface area (TPSA) is 105 Å². The molecule has 3 N–H and O–H groups in total. The minimum atomic E-state index is -0.873. The van der Waals surface area contributed by atoms with Crippen LogP contribution in [0.2, 0.25) is 5.02 Å². The minimum Gasteiger partial charge on any atom is -0.395 e. The lowest BCUT2D eigenvalue weighted by atomic mass is 9.86. The van der Waals surface area contributed by atoms with Crippen LogP contribution >= 0.6 is 11.6 Å². The number of rotatable bonds is 5. The maximum atomic E-state index is 14.6. The quantitative estimate of drug-likeness (QED) is 0.646. The van der Waals surface area contributed by atoms with Gasteiger partial charge in [0.1, 0.15) is 17.6 Å². The van der Waals surface area contributed by atoms with Crippen molar-refractivity contribution < 1.29 is 23.8 Å². The summed E-state index contributed by atoms with van der Waals surface area (Å²) in [5, 5.41) is 18.9. The largest absolute Gasteiger partial charge is 0.395 e. The van der Waals surface area contributed by atoms with E-state index in [9.17, 15) is 14.0 Å². The van der Waals surface area contributed by atoms with Crippen LogP contribution in [0.5, 0.6) is 0 Å². The molecule has 0 saturated carbocycles. The second kappa shape index (κ2) is 9.33. The van der Waals surface area contributed by atoms with Gasteiger partial charge in [-0.15, -0.1) is 0 Å². The Labute approximate surface area is 184 Å². The Balaban J connectivity index is 1.97. The van der Waals surface area contributed by atoms with Crippen LogP contribution in [0.25, 0.3) is 11.3 Å². The van der Waals surface area contributed by atoms with Gasteiger partial charge in [0.25, 0.3) is 0 Å².